The third-order valence-corrected chi connectivity index (χ3v) is 6.15. The number of ether oxygens (including phenoxy) is 1. The summed E-state index contributed by atoms with van der Waals surface area (Å²) < 4.78 is 5.86. The van der Waals surface area contributed by atoms with Gasteiger partial charge in [-0.2, -0.15) is 0 Å². The first-order chi connectivity index (χ1) is 17.1. The highest BCUT2D eigenvalue weighted by Crippen LogP contribution is 2.40. The molecule has 1 atom stereocenters. The van der Waals surface area contributed by atoms with Gasteiger partial charge in [0.25, 0.3) is 11.7 Å². The lowest BCUT2D eigenvalue weighted by molar-refractivity contribution is -0.140. The van der Waals surface area contributed by atoms with Crippen molar-refractivity contribution in [3.05, 3.63) is 101 Å². The third kappa shape index (κ3) is 5.60. The van der Waals surface area contributed by atoms with E-state index in [0.29, 0.717) is 12.2 Å². The Kier molecular flexibility index (Phi) is 7.93. The second kappa shape index (κ2) is 11.5. The third-order valence-electron chi connectivity index (χ3n) is 6.15. The van der Waals surface area contributed by atoms with Crippen molar-refractivity contribution in [2.75, 3.05) is 6.61 Å². The molecule has 1 amide bonds. The van der Waals surface area contributed by atoms with Gasteiger partial charge in [0.05, 0.1) is 18.2 Å². The fraction of sp³-hybridized carbons (Fsp3) is 0.276. The van der Waals surface area contributed by atoms with Crippen LogP contribution >= 0.6 is 0 Å². The molecule has 1 unspecified atom stereocenters. The highest BCUT2D eigenvalue weighted by atomic mass is 16.5. The number of hydrogen-bond acceptors (Lipinski definition) is 5. The number of pyridine rings is 1. The SMILES string of the molecule is CCCCCCOc1ccc(C2/C(=C(\O)c3ccncc3)C(=O)C(=O)N2Cc2ccccc2)cc1. The van der Waals surface area contributed by atoms with E-state index in [0.717, 1.165) is 29.7 Å². The Morgan fingerprint density at radius 2 is 1.66 bits per heavy atom. The molecule has 0 saturated carbocycles. The van der Waals surface area contributed by atoms with Crippen LogP contribution in [0.2, 0.25) is 0 Å². The Morgan fingerprint density at radius 3 is 2.34 bits per heavy atom. The fourth-order valence-corrected chi connectivity index (χ4v) is 4.30. The average molecular weight is 471 g/mol. The van der Waals surface area contributed by atoms with Crippen LogP contribution in [0, 0.1) is 0 Å². The summed E-state index contributed by atoms with van der Waals surface area (Å²) in [5.41, 5.74) is 2.14. The standard InChI is InChI=1S/C29H30N2O4/c1-2-3-4-8-19-35-24-13-11-22(12-14-24)26-25(27(32)23-15-17-30-18-16-23)28(33)29(34)31(26)20-21-9-6-5-7-10-21/h5-7,9-18,26,32H,2-4,8,19-20H2,1H3/b27-25+. The summed E-state index contributed by atoms with van der Waals surface area (Å²) >= 11 is 0. The number of aliphatic hydroxyl groups is 1. The summed E-state index contributed by atoms with van der Waals surface area (Å²) in [6.07, 6.45) is 7.58. The number of aromatic nitrogens is 1. The molecule has 0 spiro atoms. The number of rotatable bonds is 10. The van der Waals surface area contributed by atoms with E-state index in [1.165, 1.54) is 30.1 Å². The summed E-state index contributed by atoms with van der Waals surface area (Å²) in [5.74, 6) is -0.802. The topological polar surface area (TPSA) is 79.7 Å². The minimum atomic E-state index is -0.720. The number of benzene rings is 2. The lowest BCUT2D eigenvalue weighted by Gasteiger charge is -2.25. The zero-order valence-corrected chi connectivity index (χ0v) is 19.9. The van der Waals surface area contributed by atoms with Gasteiger partial charge in [-0.1, -0.05) is 68.7 Å². The van der Waals surface area contributed by atoms with Gasteiger partial charge in [0.2, 0.25) is 0 Å². The molecule has 2 aromatic carbocycles. The van der Waals surface area contributed by atoms with E-state index in [-0.39, 0.29) is 17.9 Å². The molecule has 0 radical (unpaired) electrons. The normalized spacial score (nSPS) is 17.1. The Hall–Kier alpha value is -3.93. The number of ketones is 1. The Bertz CT molecular complexity index is 1170. The van der Waals surface area contributed by atoms with Gasteiger partial charge in [0.1, 0.15) is 11.5 Å². The lowest BCUT2D eigenvalue weighted by atomic mass is 9.95. The molecule has 1 saturated heterocycles. The largest absolute Gasteiger partial charge is 0.507 e. The number of carbonyl (C=O) groups excluding carboxylic acids is 2. The molecule has 1 aliphatic rings. The van der Waals surface area contributed by atoms with Crippen LogP contribution in [0.25, 0.3) is 5.76 Å². The van der Waals surface area contributed by atoms with Crippen LogP contribution in [0.3, 0.4) is 0 Å². The number of amides is 1. The van der Waals surface area contributed by atoms with E-state index >= 15 is 0 Å². The number of Topliss-reactive ketones (excluding diaryl/α,β-unsaturated/α-hetero) is 1. The van der Waals surface area contributed by atoms with Gasteiger partial charge in [-0.3, -0.25) is 14.6 Å². The fourth-order valence-electron chi connectivity index (χ4n) is 4.30. The molecule has 4 rings (SSSR count). The molecule has 3 aromatic rings. The van der Waals surface area contributed by atoms with Crippen LogP contribution in [-0.4, -0.2) is 33.3 Å². The molecule has 2 heterocycles. The zero-order valence-electron chi connectivity index (χ0n) is 19.9. The number of likely N-dealkylation sites (tertiary alicyclic amines) is 1. The number of hydrogen-bond donors (Lipinski definition) is 1. The Balaban J connectivity index is 1.67. The van der Waals surface area contributed by atoms with Crippen LogP contribution in [0.4, 0.5) is 0 Å². The molecular weight excluding hydrogens is 440 g/mol. The molecule has 1 aromatic heterocycles. The number of unbranched alkanes of at least 4 members (excludes halogenated alkanes) is 3. The Labute approximate surface area is 205 Å². The van der Waals surface area contributed by atoms with E-state index in [9.17, 15) is 14.7 Å². The second-order valence-electron chi connectivity index (χ2n) is 8.63. The van der Waals surface area contributed by atoms with Crippen LogP contribution in [0.1, 0.15) is 55.3 Å². The van der Waals surface area contributed by atoms with Crippen molar-refractivity contribution < 1.29 is 19.4 Å². The van der Waals surface area contributed by atoms with Gasteiger partial charge >= 0.3 is 0 Å². The van der Waals surface area contributed by atoms with Gasteiger partial charge in [-0.25, -0.2) is 0 Å². The van der Waals surface area contributed by atoms with Gasteiger partial charge in [0, 0.05) is 24.5 Å². The van der Waals surface area contributed by atoms with Crippen molar-refractivity contribution in [3.63, 3.8) is 0 Å². The highest BCUT2D eigenvalue weighted by molar-refractivity contribution is 6.46. The summed E-state index contributed by atoms with van der Waals surface area (Å²) in [4.78, 5) is 31.8. The molecule has 35 heavy (non-hydrogen) atoms. The van der Waals surface area contributed by atoms with Crippen molar-refractivity contribution in [2.45, 2.75) is 45.2 Å². The molecule has 180 valence electrons. The van der Waals surface area contributed by atoms with Crippen LogP contribution in [0.15, 0.2) is 84.7 Å². The van der Waals surface area contributed by atoms with E-state index in [1.807, 2.05) is 54.6 Å². The molecule has 1 fully saturated rings. The summed E-state index contributed by atoms with van der Waals surface area (Å²) in [5, 5.41) is 11.1. The Morgan fingerprint density at radius 1 is 0.943 bits per heavy atom. The van der Waals surface area contributed by atoms with Crippen molar-refractivity contribution in [1.29, 1.82) is 0 Å². The van der Waals surface area contributed by atoms with Crippen LogP contribution in [-0.2, 0) is 16.1 Å². The quantitative estimate of drug-likeness (QED) is 0.179. The maximum absolute atomic E-state index is 13.1. The first kappa shape index (κ1) is 24.2. The zero-order chi connectivity index (χ0) is 24.6. The first-order valence-electron chi connectivity index (χ1n) is 12.1. The minimum Gasteiger partial charge on any atom is -0.507 e. The number of carbonyl (C=O) groups is 2. The molecular formula is C29H30N2O4. The number of aliphatic hydroxyl groups excluding tert-OH is 1. The molecule has 1 aliphatic heterocycles. The molecule has 1 N–H and O–H groups in total. The predicted octanol–water partition coefficient (Wildman–Crippen LogP) is 5.66. The molecule has 0 aliphatic carbocycles. The van der Waals surface area contributed by atoms with Crippen molar-refractivity contribution >= 4 is 17.4 Å². The van der Waals surface area contributed by atoms with E-state index in [1.54, 1.807) is 12.1 Å². The van der Waals surface area contributed by atoms with Crippen LogP contribution in [0.5, 0.6) is 5.75 Å². The summed E-state index contributed by atoms with van der Waals surface area (Å²) in [7, 11) is 0. The lowest BCUT2D eigenvalue weighted by Crippen LogP contribution is -2.29. The monoisotopic (exact) mass is 470 g/mol. The second-order valence-corrected chi connectivity index (χ2v) is 8.63. The van der Waals surface area contributed by atoms with Crippen LogP contribution < -0.4 is 4.74 Å². The van der Waals surface area contributed by atoms with Crippen molar-refractivity contribution in [1.82, 2.24) is 9.88 Å². The maximum Gasteiger partial charge on any atom is 0.295 e. The van der Waals surface area contributed by atoms with Gasteiger partial charge in [-0.15, -0.1) is 0 Å². The summed E-state index contributed by atoms with van der Waals surface area (Å²) in [6.45, 7) is 3.07. The highest BCUT2D eigenvalue weighted by Gasteiger charge is 2.46. The van der Waals surface area contributed by atoms with E-state index in [4.69, 9.17) is 4.74 Å². The van der Waals surface area contributed by atoms with E-state index < -0.39 is 17.7 Å². The van der Waals surface area contributed by atoms with Gasteiger partial charge in [0.15, 0.2) is 0 Å². The van der Waals surface area contributed by atoms with Crippen molar-refractivity contribution in [3.8, 4) is 5.75 Å². The molecule has 6 heteroatoms. The van der Waals surface area contributed by atoms with Gasteiger partial charge < -0.3 is 14.7 Å². The van der Waals surface area contributed by atoms with Gasteiger partial charge in [-0.05, 0) is 41.8 Å². The average Bonchev–Trinajstić information content (AvgIpc) is 3.14. The van der Waals surface area contributed by atoms with Crippen molar-refractivity contribution in [2.24, 2.45) is 0 Å². The number of nitrogens with zero attached hydrogens (tertiary/aromatic N) is 2. The molecule has 6 nitrogen and oxygen atoms in total. The first-order valence-corrected chi connectivity index (χ1v) is 12.1. The minimum absolute atomic E-state index is 0.0744. The van der Waals surface area contributed by atoms with E-state index in [2.05, 4.69) is 11.9 Å². The summed E-state index contributed by atoms with van der Waals surface area (Å²) in [6, 6.07) is 19.4. The predicted molar refractivity (Wildman–Crippen MR) is 135 cm³/mol. The maximum atomic E-state index is 13.1. The molecule has 0 bridgehead atoms. The smallest absolute Gasteiger partial charge is 0.295 e.